The van der Waals surface area contributed by atoms with E-state index in [-0.39, 0.29) is 6.61 Å². The number of benzene rings is 2. The molecule has 2 heteroatoms. The molecule has 0 aliphatic rings. The Hall–Kier alpha value is -1.80. The number of ether oxygens (including phenoxy) is 1. The number of aliphatic hydroxyl groups excluding tert-OH is 1. The summed E-state index contributed by atoms with van der Waals surface area (Å²) in [5.74, 6) is 0.910. The van der Waals surface area contributed by atoms with Gasteiger partial charge in [-0.1, -0.05) is 62.4 Å². The second kappa shape index (κ2) is 11.7. The van der Waals surface area contributed by atoms with Crippen LogP contribution in [0.2, 0.25) is 0 Å². The van der Waals surface area contributed by atoms with Crippen LogP contribution in [0.25, 0.3) is 0 Å². The van der Waals surface area contributed by atoms with E-state index in [2.05, 4.69) is 0 Å². The van der Waals surface area contributed by atoms with E-state index in [0.717, 1.165) is 11.3 Å². The van der Waals surface area contributed by atoms with E-state index in [0.29, 0.717) is 0 Å². The Morgan fingerprint density at radius 1 is 0.833 bits per heavy atom. The van der Waals surface area contributed by atoms with Gasteiger partial charge in [-0.15, -0.1) is 0 Å². The first-order chi connectivity index (χ1) is 8.86. The van der Waals surface area contributed by atoms with Crippen LogP contribution >= 0.6 is 0 Å². The first-order valence-electron chi connectivity index (χ1n) is 6.10. The summed E-state index contributed by atoms with van der Waals surface area (Å²) in [7, 11) is 1.66. The molecule has 0 fully saturated rings. The lowest BCUT2D eigenvalue weighted by Gasteiger charge is -1.93. The molecule has 0 aliphatic carbocycles. The van der Waals surface area contributed by atoms with Crippen molar-refractivity contribution in [1.29, 1.82) is 0 Å². The molecule has 0 saturated heterocycles. The summed E-state index contributed by atoms with van der Waals surface area (Å²) in [6.07, 6.45) is 0. The molecule has 18 heavy (non-hydrogen) atoms. The average Bonchev–Trinajstić information content (AvgIpc) is 2.51. The van der Waals surface area contributed by atoms with Crippen molar-refractivity contribution in [3.8, 4) is 5.75 Å². The number of para-hydroxylation sites is 1. The van der Waals surface area contributed by atoms with Crippen LogP contribution in [0.3, 0.4) is 0 Å². The van der Waals surface area contributed by atoms with E-state index in [1.54, 1.807) is 7.11 Å². The van der Waals surface area contributed by atoms with E-state index in [1.807, 2.05) is 74.5 Å². The zero-order valence-electron chi connectivity index (χ0n) is 11.3. The van der Waals surface area contributed by atoms with Crippen molar-refractivity contribution < 1.29 is 9.84 Å². The third-order valence-corrected chi connectivity index (χ3v) is 2.00. The molecule has 2 aromatic carbocycles. The topological polar surface area (TPSA) is 29.5 Å². The van der Waals surface area contributed by atoms with Gasteiger partial charge in [0.15, 0.2) is 0 Å². The van der Waals surface area contributed by atoms with Crippen molar-refractivity contribution in [2.75, 3.05) is 7.11 Å². The zero-order chi connectivity index (χ0) is 13.6. The standard InChI is InChI=1S/2C7H8O.C2H6/c1-8-7-5-3-2-4-6-7;8-6-7-4-2-1-3-5-7;1-2/h2-6H,1H3;1-5,8H,6H2;1-2H3. The molecule has 0 radical (unpaired) electrons. The lowest BCUT2D eigenvalue weighted by molar-refractivity contribution is 0.282. The summed E-state index contributed by atoms with van der Waals surface area (Å²) < 4.78 is 4.91. The van der Waals surface area contributed by atoms with E-state index in [9.17, 15) is 0 Å². The van der Waals surface area contributed by atoms with Crippen LogP contribution < -0.4 is 4.74 Å². The highest BCUT2D eigenvalue weighted by Crippen LogP contribution is 2.05. The van der Waals surface area contributed by atoms with Gasteiger partial charge >= 0.3 is 0 Å². The largest absolute Gasteiger partial charge is 0.497 e. The smallest absolute Gasteiger partial charge is 0.118 e. The highest BCUT2D eigenvalue weighted by molar-refractivity contribution is 5.20. The van der Waals surface area contributed by atoms with E-state index in [4.69, 9.17) is 9.84 Å². The van der Waals surface area contributed by atoms with E-state index in [1.165, 1.54) is 0 Å². The number of hydrogen-bond donors (Lipinski definition) is 1. The van der Waals surface area contributed by atoms with Gasteiger partial charge in [-0.2, -0.15) is 0 Å². The maximum atomic E-state index is 8.54. The van der Waals surface area contributed by atoms with Gasteiger partial charge in [0.25, 0.3) is 0 Å². The molecule has 0 amide bonds. The van der Waals surface area contributed by atoms with Gasteiger partial charge in [-0.25, -0.2) is 0 Å². The molecule has 0 heterocycles. The Morgan fingerprint density at radius 3 is 1.56 bits per heavy atom. The summed E-state index contributed by atoms with van der Waals surface area (Å²) in [5, 5.41) is 8.54. The summed E-state index contributed by atoms with van der Waals surface area (Å²) in [5.41, 5.74) is 0.965. The van der Waals surface area contributed by atoms with Crippen LogP contribution in [0.15, 0.2) is 60.7 Å². The van der Waals surface area contributed by atoms with Crippen molar-refractivity contribution >= 4 is 0 Å². The Morgan fingerprint density at radius 2 is 1.28 bits per heavy atom. The van der Waals surface area contributed by atoms with Crippen LogP contribution in [0.5, 0.6) is 5.75 Å². The average molecular weight is 246 g/mol. The molecule has 0 bridgehead atoms. The zero-order valence-corrected chi connectivity index (χ0v) is 11.3. The predicted octanol–water partition coefficient (Wildman–Crippen LogP) is 3.90. The van der Waals surface area contributed by atoms with Gasteiger partial charge in [0.2, 0.25) is 0 Å². The van der Waals surface area contributed by atoms with Gasteiger partial charge in [-0.3, -0.25) is 0 Å². The summed E-state index contributed by atoms with van der Waals surface area (Å²) in [4.78, 5) is 0. The van der Waals surface area contributed by atoms with Crippen LogP contribution in [-0.2, 0) is 6.61 Å². The van der Waals surface area contributed by atoms with Crippen LogP contribution in [0, 0.1) is 0 Å². The maximum absolute atomic E-state index is 8.54. The van der Waals surface area contributed by atoms with Gasteiger partial charge < -0.3 is 9.84 Å². The van der Waals surface area contributed by atoms with E-state index >= 15 is 0 Å². The first kappa shape index (κ1) is 16.2. The van der Waals surface area contributed by atoms with Gasteiger partial charge in [0, 0.05) is 0 Å². The van der Waals surface area contributed by atoms with Crippen molar-refractivity contribution in [3.63, 3.8) is 0 Å². The quantitative estimate of drug-likeness (QED) is 0.870. The Kier molecular flexibility index (Phi) is 10.5. The van der Waals surface area contributed by atoms with Crippen LogP contribution in [0.1, 0.15) is 19.4 Å². The number of aliphatic hydroxyl groups is 1. The second-order valence-corrected chi connectivity index (χ2v) is 3.16. The molecule has 0 spiro atoms. The molecule has 98 valence electrons. The molecular formula is C16H22O2. The van der Waals surface area contributed by atoms with Crippen molar-refractivity contribution in [1.82, 2.24) is 0 Å². The number of methoxy groups -OCH3 is 1. The molecule has 0 aromatic heterocycles. The van der Waals surface area contributed by atoms with Gasteiger partial charge in [0.05, 0.1) is 13.7 Å². The Bertz CT molecular complexity index is 331. The minimum Gasteiger partial charge on any atom is -0.497 e. The second-order valence-electron chi connectivity index (χ2n) is 3.16. The summed E-state index contributed by atoms with van der Waals surface area (Å²) in [6, 6.07) is 19.2. The predicted molar refractivity (Wildman–Crippen MR) is 76.7 cm³/mol. The Labute approximate surface area is 110 Å². The highest BCUT2D eigenvalue weighted by Gasteiger charge is 1.81. The third-order valence-electron chi connectivity index (χ3n) is 2.00. The van der Waals surface area contributed by atoms with E-state index < -0.39 is 0 Å². The lowest BCUT2D eigenvalue weighted by Crippen LogP contribution is -1.78. The van der Waals surface area contributed by atoms with Crippen molar-refractivity contribution in [2.45, 2.75) is 20.5 Å². The molecule has 0 saturated carbocycles. The summed E-state index contributed by atoms with van der Waals surface area (Å²) >= 11 is 0. The Balaban J connectivity index is 0.000000283. The van der Waals surface area contributed by atoms with Gasteiger partial charge in [-0.05, 0) is 17.7 Å². The van der Waals surface area contributed by atoms with Crippen LogP contribution in [-0.4, -0.2) is 12.2 Å². The SMILES string of the molecule is CC.COc1ccccc1.OCc1ccccc1. The fourth-order valence-electron chi connectivity index (χ4n) is 1.14. The molecule has 0 aliphatic heterocycles. The third kappa shape index (κ3) is 7.47. The number of hydrogen-bond acceptors (Lipinski definition) is 2. The fraction of sp³-hybridized carbons (Fsp3) is 0.250. The molecule has 0 atom stereocenters. The fourth-order valence-corrected chi connectivity index (χ4v) is 1.14. The molecular weight excluding hydrogens is 224 g/mol. The van der Waals surface area contributed by atoms with Crippen molar-refractivity contribution in [2.24, 2.45) is 0 Å². The number of rotatable bonds is 2. The molecule has 2 aromatic rings. The van der Waals surface area contributed by atoms with Crippen LogP contribution in [0.4, 0.5) is 0 Å². The molecule has 2 rings (SSSR count). The lowest BCUT2D eigenvalue weighted by atomic mass is 10.2. The summed E-state index contributed by atoms with van der Waals surface area (Å²) in [6.45, 7) is 4.14. The maximum Gasteiger partial charge on any atom is 0.118 e. The van der Waals surface area contributed by atoms with Gasteiger partial charge in [0.1, 0.15) is 5.75 Å². The molecule has 2 nitrogen and oxygen atoms in total. The first-order valence-corrected chi connectivity index (χ1v) is 6.10. The minimum absolute atomic E-state index is 0.140. The molecule has 1 N–H and O–H groups in total. The highest BCUT2D eigenvalue weighted by atomic mass is 16.5. The minimum atomic E-state index is 0.140. The monoisotopic (exact) mass is 246 g/mol. The molecule has 0 unspecified atom stereocenters. The normalized spacial score (nSPS) is 8.22. The van der Waals surface area contributed by atoms with Crippen molar-refractivity contribution in [3.05, 3.63) is 66.2 Å².